The Bertz CT molecular complexity index is 408. The highest BCUT2D eigenvalue weighted by Crippen LogP contribution is 2.17. The molecule has 0 radical (unpaired) electrons. The molecule has 0 aromatic carbocycles. The summed E-state index contributed by atoms with van der Waals surface area (Å²) in [6.45, 7) is 2.76. The summed E-state index contributed by atoms with van der Waals surface area (Å²) >= 11 is 1.65. The topological polar surface area (TPSA) is 38.0 Å². The second-order valence-corrected chi connectivity index (χ2v) is 4.45. The van der Waals surface area contributed by atoms with Crippen molar-refractivity contribution in [1.82, 2.24) is 9.55 Å². The van der Waals surface area contributed by atoms with E-state index < -0.39 is 0 Å². The van der Waals surface area contributed by atoms with Crippen molar-refractivity contribution in [3.8, 4) is 0 Å². The highest BCUT2D eigenvalue weighted by Gasteiger charge is 2.06. The van der Waals surface area contributed by atoms with Crippen LogP contribution in [-0.4, -0.2) is 14.7 Å². The number of hydrogen-bond acceptors (Lipinski definition) is 3. The van der Waals surface area contributed by atoms with E-state index in [-0.39, 0.29) is 6.10 Å². The molecule has 1 N–H and O–H groups in total. The van der Waals surface area contributed by atoms with E-state index in [2.05, 4.69) is 4.98 Å². The van der Waals surface area contributed by atoms with Gasteiger partial charge in [-0.25, -0.2) is 4.98 Å². The van der Waals surface area contributed by atoms with Crippen LogP contribution in [0.3, 0.4) is 0 Å². The van der Waals surface area contributed by atoms with Gasteiger partial charge < -0.3 is 9.67 Å². The minimum atomic E-state index is -0.345. The molecule has 0 saturated carbocycles. The first-order valence-electron chi connectivity index (χ1n) is 5.01. The van der Waals surface area contributed by atoms with Gasteiger partial charge in [0, 0.05) is 24.0 Å². The largest absolute Gasteiger partial charge is 0.388 e. The lowest BCUT2D eigenvalue weighted by atomic mass is 10.1. The Hall–Kier alpha value is -1.13. The normalized spacial score (nSPS) is 12.9. The van der Waals surface area contributed by atoms with E-state index in [4.69, 9.17) is 0 Å². The lowest BCUT2D eigenvalue weighted by Crippen LogP contribution is -1.97. The summed E-state index contributed by atoms with van der Waals surface area (Å²) in [5.74, 6) is 0. The van der Waals surface area contributed by atoms with Crippen LogP contribution in [0.1, 0.15) is 30.0 Å². The first kappa shape index (κ1) is 10.4. The van der Waals surface area contributed by atoms with Gasteiger partial charge in [-0.15, -0.1) is 11.3 Å². The van der Waals surface area contributed by atoms with Crippen LogP contribution in [0.15, 0.2) is 30.0 Å². The summed E-state index contributed by atoms with van der Waals surface area (Å²) in [6, 6.07) is 1.96. The average molecular weight is 222 g/mol. The molecular formula is C11H14N2OS. The molecule has 0 bridgehead atoms. The molecule has 2 heterocycles. The SMILES string of the molecule is CCC(O)c1ccn(Cc2nccs2)c1. The minimum Gasteiger partial charge on any atom is -0.388 e. The quantitative estimate of drug-likeness (QED) is 0.862. The van der Waals surface area contributed by atoms with Crippen molar-refractivity contribution in [3.63, 3.8) is 0 Å². The molecule has 2 rings (SSSR count). The van der Waals surface area contributed by atoms with Crippen molar-refractivity contribution in [2.24, 2.45) is 0 Å². The molecule has 0 aliphatic carbocycles. The van der Waals surface area contributed by atoms with Crippen molar-refractivity contribution in [1.29, 1.82) is 0 Å². The van der Waals surface area contributed by atoms with E-state index in [0.29, 0.717) is 0 Å². The highest BCUT2D eigenvalue weighted by molar-refractivity contribution is 7.09. The Kier molecular flexibility index (Phi) is 3.18. The van der Waals surface area contributed by atoms with Gasteiger partial charge in [0.1, 0.15) is 5.01 Å². The van der Waals surface area contributed by atoms with Crippen molar-refractivity contribution < 1.29 is 5.11 Å². The Labute approximate surface area is 93.0 Å². The summed E-state index contributed by atoms with van der Waals surface area (Å²) in [5.41, 5.74) is 0.981. The lowest BCUT2D eigenvalue weighted by Gasteiger charge is -2.03. The zero-order chi connectivity index (χ0) is 10.7. The van der Waals surface area contributed by atoms with Crippen LogP contribution >= 0.6 is 11.3 Å². The van der Waals surface area contributed by atoms with E-state index in [1.165, 1.54) is 0 Å². The Morgan fingerprint density at radius 1 is 1.60 bits per heavy atom. The van der Waals surface area contributed by atoms with E-state index in [1.807, 2.05) is 41.5 Å². The second kappa shape index (κ2) is 4.59. The molecule has 0 saturated heterocycles. The molecule has 1 unspecified atom stereocenters. The lowest BCUT2D eigenvalue weighted by molar-refractivity contribution is 0.173. The maximum atomic E-state index is 9.64. The zero-order valence-electron chi connectivity index (χ0n) is 8.63. The van der Waals surface area contributed by atoms with E-state index in [0.717, 1.165) is 23.5 Å². The van der Waals surface area contributed by atoms with Crippen LogP contribution in [-0.2, 0) is 6.54 Å². The van der Waals surface area contributed by atoms with E-state index in [9.17, 15) is 5.11 Å². The average Bonchev–Trinajstić information content (AvgIpc) is 2.88. The summed E-state index contributed by atoms with van der Waals surface area (Å²) < 4.78 is 2.05. The third-order valence-corrected chi connectivity index (χ3v) is 3.11. The molecule has 0 aliphatic rings. The van der Waals surface area contributed by atoms with Gasteiger partial charge in [0.15, 0.2) is 0 Å². The van der Waals surface area contributed by atoms with Crippen LogP contribution in [0.2, 0.25) is 0 Å². The number of rotatable bonds is 4. The van der Waals surface area contributed by atoms with Gasteiger partial charge in [0.05, 0.1) is 12.6 Å². The van der Waals surface area contributed by atoms with Crippen molar-refractivity contribution in [2.75, 3.05) is 0 Å². The fourth-order valence-electron chi connectivity index (χ4n) is 1.48. The van der Waals surface area contributed by atoms with Gasteiger partial charge >= 0.3 is 0 Å². The molecule has 3 nitrogen and oxygen atoms in total. The van der Waals surface area contributed by atoms with Gasteiger partial charge in [0.25, 0.3) is 0 Å². The van der Waals surface area contributed by atoms with Gasteiger partial charge in [0.2, 0.25) is 0 Å². The number of aliphatic hydroxyl groups is 1. The number of aromatic nitrogens is 2. The summed E-state index contributed by atoms with van der Waals surface area (Å²) in [6.07, 6.45) is 6.18. The maximum Gasteiger partial charge on any atom is 0.112 e. The van der Waals surface area contributed by atoms with Crippen LogP contribution < -0.4 is 0 Å². The standard InChI is InChI=1S/C11H14N2OS/c1-2-10(14)9-3-5-13(7-9)8-11-12-4-6-15-11/h3-7,10,14H,2,8H2,1H3. The molecule has 15 heavy (non-hydrogen) atoms. The second-order valence-electron chi connectivity index (χ2n) is 3.47. The first-order valence-corrected chi connectivity index (χ1v) is 5.89. The molecule has 1 atom stereocenters. The number of thiazole rings is 1. The molecule has 80 valence electrons. The number of nitrogens with zero attached hydrogens (tertiary/aromatic N) is 2. The molecule has 2 aromatic rings. The van der Waals surface area contributed by atoms with Gasteiger partial charge in [-0.3, -0.25) is 0 Å². The smallest absolute Gasteiger partial charge is 0.112 e. The molecular weight excluding hydrogens is 208 g/mol. The molecule has 2 aromatic heterocycles. The third kappa shape index (κ3) is 2.46. The van der Waals surface area contributed by atoms with E-state index >= 15 is 0 Å². The molecule has 0 amide bonds. The fraction of sp³-hybridized carbons (Fsp3) is 0.364. The van der Waals surface area contributed by atoms with Crippen LogP contribution in [0, 0.1) is 0 Å². The Balaban J connectivity index is 2.07. The molecule has 0 spiro atoms. The van der Waals surface area contributed by atoms with Crippen LogP contribution in [0.5, 0.6) is 0 Å². The highest BCUT2D eigenvalue weighted by atomic mass is 32.1. The summed E-state index contributed by atoms with van der Waals surface area (Å²) in [5, 5.41) is 12.7. The Morgan fingerprint density at radius 3 is 3.13 bits per heavy atom. The van der Waals surface area contributed by atoms with Gasteiger partial charge in [-0.2, -0.15) is 0 Å². The maximum absolute atomic E-state index is 9.64. The summed E-state index contributed by atoms with van der Waals surface area (Å²) in [7, 11) is 0. The van der Waals surface area contributed by atoms with Gasteiger partial charge in [-0.1, -0.05) is 6.92 Å². The van der Waals surface area contributed by atoms with Crippen LogP contribution in [0.4, 0.5) is 0 Å². The van der Waals surface area contributed by atoms with Crippen molar-refractivity contribution in [3.05, 3.63) is 40.6 Å². The number of aliphatic hydroxyl groups excluding tert-OH is 1. The minimum absolute atomic E-state index is 0.345. The molecule has 0 fully saturated rings. The third-order valence-electron chi connectivity index (χ3n) is 2.35. The van der Waals surface area contributed by atoms with Gasteiger partial charge in [-0.05, 0) is 18.1 Å². The predicted molar refractivity (Wildman–Crippen MR) is 60.9 cm³/mol. The first-order chi connectivity index (χ1) is 7.29. The number of hydrogen-bond donors (Lipinski definition) is 1. The Morgan fingerprint density at radius 2 is 2.47 bits per heavy atom. The predicted octanol–water partition coefficient (Wildman–Crippen LogP) is 2.44. The van der Waals surface area contributed by atoms with E-state index in [1.54, 1.807) is 11.3 Å². The zero-order valence-corrected chi connectivity index (χ0v) is 9.44. The van der Waals surface area contributed by atoms with Crippen LogP contribution in [0.25, 0.3) is 0 Å². The van der Waals surface area contributed by atoms with Crippen molar-refractivity contribution in [2.45, 2.75) is 26.0 Å². The molecule has 4 heteroatoms. The van der Waals surface area contributed by atoms with Crippen molar-refractivity contribution >= 4 is 11.3 Å². The monoisotopic (exact) mass is 222 g/mol. The molecule has 0 aliphatic heterocycles. The summed E-state index contributed by atoms with van der Waals surface area (Å²) in [4.78, 5) is 4.22. The fourth-order valence-corrected chi connectivity index (χ4v) is 2.10.